The van der Waals surface area contributed by atoms with Crippen LogP contribution in [0, 0.1) is 12.1 Å². The fraction of sp³-hybridized carbons (Fsp3) is 0.239. The quantitative estimate of drug-likeness (QED) is 0.156. The van der Waals surface area contributed by atoms with Crippen LogP contribution in [-0.4, -0.2) is 26.5 Å². The van der Waals surface area contributed by atoms with Crippen molar-refractivity contribution in [1.29, 1.82) is 0 Å². The Hall–Kier alpha value is -5.06. The molecule has 0 N–H and O–H groups in total. The van der Waals surface area contributed by atoms with E-state index in [4.69, 9.17) is 18.6 Å². The molecule has 2 atom stereocenters. The minimum absolute atomic E-state index is 0. The van der Waals surface area contributed by atoms with Gasteiger partial charge in [-0.25, -0.2) is 4.98 Å². The summed E-state index contributed by atoms with van der Waals surface area (Å²) in [6.07, 6.45) is 2.80. The summed E-state index contributed by atoms with van der Waals surface area (Å²) in [4.78, 5) is 14.1. The van der Waals surface area contributed by atoms with Crippen LogP contribution in [0.2, 0.25) is 0 Å². The van der Waals surface area contributed by atoms with Gasteiger partial charge in [0.1, 0.15) is 17.8 Å². The van der Waals surface area contributed by atoms with Crippen molar-refractivity contribution in [2.75, 3.05) is 0 Å². The van der Waals surface area contributed by atoms with Crippen molar-refractivity contribution in [3.05, 3.63) is 150 Å². The maximum Gasteiger partial charge on any atom is 2.00 e. The minimum atomic E-state index is -2.39. The summed E-state index contributed by atoms with van der Waals surface area (Å²) in [7, 11) is 0. The molecule has 0 unspecified atom stereocenters. The predicted octanol–water partition coefficient (Wildman–Crippen LogP) is 11.1. The number of ether oxygens (including phenoxy) is 2. The van der Waals surface area contributed by atoms with E-state index < -0.39 is 19.0 Å². The summed E-state index contributed by atoms with van der Waals surface area (Å²) in [5, 5.41) is 2.13. The number of nitrogens with zero attached hydrogens (tertiary/aromatic N) is 4. The molecule has 0 spiro atoms. The van der Waals surface area contributed by atoms with Crippen molar-refractivity contribution in [2.45, 2.75) is 71.4 Å². The summed E-state index contributed by atoms with van der Waals surface area (Å²) >= 11 is 0. The molecule has 0 saturated carbocycles. The number of rotatable bonds is 6. The van der Waals surface area contributed by atoms with Crippen LogP contribution in [-0.2, 0) is 36.6 Å². The molecule has 1 aliphatic heterocycles. The third-order valence-electron chi connectivity index (χ3n) is 9.52. The van der Waals surface area contributed by atoms with Crippen molar-refractivity contribution in [3.8, 4) is 28.6 Å². The number of fused-ring (bicyclic) bond motifs is 3. The van der Waals surface area contributed by atoms with E-state index in [9.17, 15) is 0 Å². The van der Waals surface area contributed by atoms with E-state index in [1.54, 1.807) is 6.20 Å². The molecule has 1 aliphatic rings. The number of aromatic nitrogens is 3. The summed E-state index contributed by atoms with van der Waals surface area (Å²) in [5.41, 5.74) is 6.77. The maximum atomic E-state index is 8.29. The van der Waals surface area contributed by atoms with Crippen molar-refractivity contribution in [2.24, 2.45) is 4.99 Å². The van der Waals surface area contributed by atoms with Gasteiger partial charge < -0.3 is 14.0 Å². The Labute approximate surface area is 330 Å². The molecule has 268 valence electrons. The first-order chi connectivity index (χ1) is 26.1. The molecule has 0 aliphatic carbocycles. The van der Waals surface area contributed by atoms with Crippen molar-refractivity contribution in [1.82, 2.24) is 14.5 Å². The Morgan fingerprint density at radius 3 is 2.25 bits per heavy atom. The SMILES string of the molecule is [2H]C([2H])([2H])[C@H]1N=C(c2[c-]c(Oc3[c-]c4c(cc3)c3cc(C(C)(C)C)ccc3n4-c3cc(C(C)(C)C)ccn3)cc(-c3ccccn3)c2)O[C@H]1c1ccccc1.[Pt+2]. The first-order valence-electron chi connectivity index (χ1n) is 19.1. The van der Waals surface area contributed by atoms with E-state index in [2.05, 4.69) is 105 Å². The van der Waals surface area contributed by atoms with Gasteiger partial charge in [0.2, 0.25) is 0 Å². The van der Waals surface area contributed by atoms with Crippen LogP contribution in [0.1, 0.15) is 80.9 Å². The number of hydrogen-bond acceptors (Lipinski definition) is 5. The van der Waals surface area contributed by atoms with Gasteiger partial charge in [-0.1, -0.05) is 119 Å². The van der Waals surface area contributed by atoms with Gasteiger partial charge in [-0.05, 0) is 70.1 Å². The second-order valence-electron chi connectivity index (χ2n) is 15.3. The topological polar surface area (TPSA) is 61.5 Å². The van der Waals surface area contributed by atoms with E-state index in [1.165, 1.54) is 11.1 Å². The summed E-state index contributed by atoms with van der Waals surface area (Å²) < 4.78 is 40.0. The fourth-order valence-corrected chi connectivity index (χ4v) is 6.64. The molecule has 0 fully saturated rings. The van der Waals surface area contributed by atoms with Crippen LogP contribution in [0.4, 0.5) is 0 Å². The zero-order valence-corrected chi connectivity index (χ0v) is 32.8. The molecule has 0 amide bonds. The third-order valence-corrected chi connectivity index (χ3v) is 9.52. The normalized spacial score (nSPS) is 17.0. The number of benzene rings is 4. The largest absolute Gasteiger partial charge is 2.00 e. The molecule has 6 nitrogen and oxygen atoms in total. The first kappa shape index (κ1) is 32.6. The number of hydrogen-bond donors (Lipinski definition) is 0. The van der Waals surface area contributed by atoms with Crippen LogP contribution in [0.3, 0.4) is 0 Å². The molecule has 4 aromatic carbocycles. The molecule has 7 heteroatoms. The van der Waals surface area contributed by atoms with Crippen LogP contribution in [0.5, 0.6) is 11.5 Å². The average Bonchev–Trinajstić information content (AvgIpc) is 3.75. The molecule has 0 saturated heterocycles. The van der Waals surface area contributed by atoms with E-state index >= 15 is 0 Å². The molecule has 0 radical (unpaired) electrons. The van der Waals surface area contributed by atoms with Gasteiger partial charge in [0.05, 0.1) is 11.7 Å². The Balaban J connectivity index is 0.00000480. The second-order valence-corrected chi connectivity index (χ2v) is 15.3. The Morgan fingerprint density at radius 2 is 1.51 bits per heavy atom. The van der Waals surface area contributed by atoms with E-state index in [0.717, 1.165) is 38.8 Å². The Morgan fingerprint density at radius 1 is 0.736 bits per heavy atom. The van der Waals surface area contributed by atoms with Gasteiger partial charge in [-0.15, -0.1) is 23.6 Å². The zero-order chi connectivity index (χ0) is 38.7. The molecule has 7 aromatic rings. The molecule has 0 bridgehead atoms. The van der Waals surface area contributed by atoms with Gasteiger partial charge >= 0.3 is 21.1 Å². The molecular formula is C46H42N4O2Pt. The van der Waals surface area contributed by atoms with Gasteiger partial charge in [-0.2, -0.15) is 6.07 Å². The number of pyridine rings is 2. The summed E-state index contributed by atoms with van der Waals surface area (Å²) in [6.45, 7) is 10.9. The van der Waals surface area contributed by atoms with Gasteiger partial charge in [0, 0.05) is 33.5 Å². The van der Waals surface area contributed by atoms with Crippen LogP contribution in [0.25, 0.3) is 38.9 Å². The number of aliphatic imine (C=N–C) groups is 1. The van der Waals surface area contributed by atoms with E-state index in [0.29, 0.717) is 22.8 Å². The van der Waals surface area contributed by atoms with Gasteiger partial charge in [0.15, 0.2) is 0 Å². The van der Waals surface area contributed by atoms with E-state index in [-0.39, 0.29) is 37.8 Å². The van der Waals surface area contributed by atoms with Crippen molar-refractivity contribution < 1.29 is 34.7 Å². The Kier molecular flexibility index (Phi) is 8.64. The van der Waals surface area contributed by atoms with Crippen LogP contribution < -0.4 is 4.74 Å². The second kappa shape index (κ2) is 14.1. The van der Waals surface area contributed by atoms with Crippen LogP contribution in [0.15, 0.2) is 121 Å². The summed E-state index contributed by atoms with van der Waals surface area (Å²) in [6, 6.07) is 39.3. The van der Waals surface area contributed by atoms with E-state index in [1.807, 2.05) is 72.9 Å². The van der Waals surface area contributed by atoms with Crippen molar-refractivity contribution in [3.63, 3.8) is 0 Å². The molecular weight excluding hydrogens is 836 g/mol. The molecule has 3 aromatic heterocycles. The third kappa shape index (κ3) is 7.18. The average molecular weight is 881 g/mol. The van der Waals surface area contributed by atoms with Crippen molar-refractivity contribution >= 4 is 27.7 Å². The van der Waals surface area contributed by atoms with Crippen LogP contribution >= 0.6 is 0 Å². The minimum Gasteiger partial charge on any atom is -0.510 e. The predicted molar refractivity (Wildman–Crippen MR) is 210 cm³/mol. The molecule has 4 heterocycles. The standard InChI is InChI=1S/C46H42N4O2.Pt/c1-29-43(30-13-9-8-10-14-30)52-44(49-29)32-23-31(39-15-11-12-21-47-39)24-36(25-32)51-35-17-18-37-38-26-33(45(2,3)4)16-19-40(38)50(41(37)28-35)42-27-34(20-22-48-42)46(5,6)7;/h8-24,26-27,29,43H,1-7H3;/q-2;+2/t29-,43-;/m1./s1/i1D3;. The molecule has 53 heavy (non-hydrogen) atoms. The van der Waals surface area contributed by atoms with Gasteiger partial charge in [0.25, 0.3) is 0 Å². The fourth-order valence-electron chi connectivity index (χ4n) is 6.64. The first-order valence-corrected chi connectivity index (χ1v) is 17.6. The monoisotopic (exact) mass is 880 g/mol. The Bertz CT molecular complexity index is 2570. The summed E-state index contributed by atoms with van der Waals surface area (Å²) in [5.74, 6) is 1.82. The molecule has 8 rings (SSSR count). The maximum absolute atomic E-state index is 8.29. The smallest absolute Gasteiger partial charge is 0.510 e. The van der Waals surface area contributed by atoms with Gasteiger partial charge in [-0.3, -0.25) is 9.98 Å². The zero-order valence-electron chi connectivity index (χ0n) is 33.5.